The van der Waals surface area contributed by atoms with E-state index in [4.69, 9.17) is 9.47 Å². The van der Waals surface area contributed by atoms with Gasteiger partial charge in [-0.25, -0.2) is 0 Å². The van der Waals surface area contributed by atoms with Gasteiger partial charge in [0.2, 0.25) is 0 Å². The summed E-state index contributed by atoms with van der Waals surface area (Å²) in [5, 5.41) is 0.966. The predicted octanol–water partition coefficient (Wildman–Crippen LogP) is 5.04. The minimum absolute atomic E-state index is 0.789. The Bertz CT molecular complexity index is 863. The van der Waals surface area contributed by atoms with Crippen LogP contribution in [0.1, 0.15) is 12.8 Å². The van der Waals surface area contributed by atoms with E-state index in [1.54, 1.807) is 25.3 Å². The van der Waals surface area contributed by atoms with Crippen LogP contribution >= 0.6 is 11.9 Å². The second-order valence-electron chi connectivity index (χ2n) is 6.16. The average molecular weight is 352 g/mol. The van der Waals surface area contributed by atoms with Gasteiger partial charge in [0.15, 0.2) is 0 Å². The molecule has 5 heteroatoms. The number of rotatable bonds is 7. The first-order valence-corrected chi connectivity index (χ1v) is 9.24. The Labute approximate surface area is 151 Å². The van der Waals surface area contributed by atoms with Crippen molar-refractivity contribution >= 4 is 22.9 Å². The zero-order chi connectivity index (χ0) is 17.1. The van der Waals surface area contributed by atoms with E-state index in [0.717, 1.165) is 40.6 Å². The molecule has 1 saturated carbocycles. The Hall–Kier alpha value is -2.24. The summed E-state index contributed by atoms with van der Waals surface area (Å²) in [7, 11) is 1.65. The highest BCUT2D eigenvalue weighted by Crippen LogP contribution is 2.32. The van der Waals surface area contributed by atoms with Crippen molar-refractivity contribution in [1.29, 1.82) is 0 Å². The molecule has 0 aliphatic heterocycles. The van der Waals surface area contributed by atoms with E-state index in [-0.39, 0.29) is 0 Å². The van der Waals surface area contributed by atoms with Crippen molar-refractivity contribution in [3.63, 3.8) is 0 Å². The fourth-order valence-electron chi connectivity index (χ4n) is 2.59. The highest BCUT2D eigenvalue weighted by Gasteiger charge is 2.20. The molecule has 1 aromatic heterocycles. The molecule has 1 fully saturated rings. The third-order valence-electron chi connectivity index (χ3n) is 4.22. The van der Waals surface area contributed by atoms with Crippen LogP contribution in [0, 0.1) is 5.92 Å². The highest BCUT2D eigenvalue weighted by molar-refractivity contribution is 7.97. The summed E-state index contributed by atoms with van der Waals surface area (Å²) in [5.41, 5.74) is 0.855. The van der Waals surface area contributed by atoms with Gasteiger partial charge < -0.3 is 9.47 Å². The number of methoxy groups -OCH3 is 1. The smallest absolute Gasteiger partial charge is 0.138 e. The standard InChI is InChI=1S/C20H20N2O2S/c1-23-16-6-9-18-19(12-16)21-11-10-20(18)24-15-4-7-17(8-5-15)25-22-13-14-2-3-14/h4-12,14,22H,2-3,13H2,1H3. The summed E-state index contributed by atoms with van der Waals surface area (Å²) in [6.45, 7) is 1.09. The van der Waals surface area contributed by atoms with E-state index in [0.29, 0.717) is 0 Å². The van der Waals surface area contributed by atoms with Gasteiger partial charge in [0.25, 0.3) is 0 Å². The molecule has 2 aromatic carbocycles. The molecular formula is C20H20N2O2S. The number of hydrogen-bond acceptors (Lipinski definition) is 5. The number of nitrogens with one attached hydrogen (secondary N) is 1. The topological polar surface area (TPSA) is 43.4 Å². The maximum Gasteiger partial charge on any atom is 0.138 e. The predicted molar refractivity (Wildman–Crippen MR) is 101 cm³/mol. The van der Waals surface area contributed by atoms with Crippen molar-refractivity contribution in [3.05, 3.63) is 54.7 Å². The van der Waals surface area contributed by atoms with Gasteiger partial charge in [-0.2, -0.15) is 0 Å². The minimum Gasteiger partial charge on any atom is -0.497 e. The number of ether oxygens (including phenoxy) is 2. The zero-order valence-electron chi connectivity index (χ0n) is 14.1. The Balaban J connectivity index is 1.46. The first kappa shape index (κ1) is 16.2. The molecule has 1 N–H and O–H groups in total. The average Bonchev–Trinajstić information content (AvgIpc) is 3.47. The van der Waals surface area contributed by atoms with E-state index < -0.39 is 0 Å². The molecule has 1 aliphatic rings. The Morgan fingerprint density at radius 3 is 2.64 bits per heavy atom. The Morgan fingerprint density at radius 2 is 1.88 bits per heavy atom. The molecule has 1 heterocycles. The van der Waals surface area contributed by atoms with E-state index in [1.807, 2.05) is 36.4 Å². The lowest BCUT2D eigenvalue weighted by molar-refractivity contribution is 0.415. The monoisotopic (exact) mass is 352 g/mol. The van der Waals surface area contributed by atoms with Gasteiger partial charge in [0, 0.05) is 29.1 Å². The number of hydrogen-bond donors (Lipinski definition) is 1. The summed E-state index contributed by atoms with van der Waals surface area (Å²) in [6.07, 6.45) is 4.49. The molecule has 0 unspecified atom stereocenters. The normalized spacial score (nSPS) is 13.8. The van der Waals surface area contributed by atoms with Gasteiger partial charge in [0.1, 0.15) is 17.2 Å². The van der Waals surface area contributed by atoms with Crippen molar-refractivity contribution in [1.82, 2.24) is 9.71 Å². The first-order valence-electron chi connectivity index (χ1n) is 8.42. The second kappa shape index (κ2) is 7.33. The van der Waals surface area contributed by atoms with Crippen LogP contribution in [0.15, 0.2) is 59.6 Å². The van der Waals surface area contributed by atoms with Crippen molar-refractivity contribution in [2.24, 2.45) is 5.92 Å². The molecule has 1 aliphatic carbocycles. The lowest BCUT2D eigenvalue weighted by Gasteiger charge is -2.10. The van der Waals surface area contributed by atoms with E-state index in [9.17, 15) is 0 Å². The maximum absolute atomic E-state index is 6.06. The molecule has 0 bridgehead atoms. The maximum atomic E-state index is 6.06. The van der Waals surface area contributed by atoms with Crippen molar-refractivity contribution in [2.45, 2.75) is 17.7 Å². The second-order valence-corrected chi connectivity index (χ2v) is 7.12. The summed E-state index contributed by atoms with van der Waals surface area (Å²) in [6, 6.07) is 15.8. The molecule has 0 atom stereocenters. The SMILES string of the molecule is COc1ccc2c(Oc3ccc(SNCC4CC4)cc3)ccnc2c1. The van der Waals surface area contributed by atoms with Gasteiger partial charge in [-0.05, 0) is 73.2 Å². The molecule has 25 heavy (non-hydrogen) atoms. The van der Waals surface area contributed by atoms with Crippen LogP contribution in [0.5, 0.6) is 17.2 Å². The lowest BCUT2D eigenvalue weighted by Crippen LogP contribution is -2.06. The molecule has 128 valence electrons. The summed E-state index contributed by atoms with van der Waals surface area (Å²) in [4.78, 5) is 5.58. The Kier molecular flexibility index (Phi) is 4.76. The van der Waals surface area contributed by atoms with Gasteiger partial charge in [0.05, 0.1) is 12.6 Å². The van der Waals surface area contributed by atoms with Crippen LogP contribution in [0.4, 0.5) is 0 Å². The zero-order valence-corrected chi connectivity index (χ0v) is 14.9. The number of fused-ring (bicyclic) bond motifs is 1. The first-order chi connectivity index (χ1) is 12.3. The molecule has 0 amide bonds. The van der Waals surface area contributed by atoms with Crippen molar-refractivity contribution < 1.29 is 9.47 Å². The van der Waals surface area contributed by atoms with E-state index in [1.165, 1.54) is 17.7 Å². The van der Waals surface area contributed by atoms with E-state index >= 15 is 0 Å². The lowest BCUT2D eigenvalue weighted by atomic mass is 10.2. The third-order valence-corrected chi connectivity index (χ3v) is 5.04. The molecule has 0 spiro atoms. The van der Waals surface area contributed by atoms with E-state index in [2.05, 4.69) is 21.8 Å². The fraction of sp³-hybridized carbons (Fsp3) is 0.250. The highest BCUT2D eigenvalue weighted by atomic mass is 32.2. The van der Waals surface area contributed by atoms with Crippen LogP contribution in [0.3, 0.4) is 0 Å². The molecule has 0 radical (unpaired) electrons. The Morgan fingerprint density at radius 1 is 1.08 bits per heavy atom. The van der Waals surface area contributed by atoms with Crippen LogP contribution in [0.2, 0.25) is 0 Å². The number of nitrogens with zero attached hydrogens (tertiary/aromatic N) is 1. The summed E-state index contributed by atoms with van der Waals surface area (Å²) in [5.74, 6) is 3.28. The van der Waals surface area contributed by atoms with Crippen molar-refractivity contribution in [2.75, 3.05) is 13.7 Å². The largest absolute Gasteiger partial charge is 0.497 e. The third kappa shape index (κ3) is 4.06. The van der Waals surface area contributed by atoms with Crippen LogP contribution in [0.25, 0.3) is 10.9 Å². The van der Waals surface area contributed by atoms with Gasteiger partial charge >= 0.3 is 0 Å². The summed E-state index contributed by atoms with van der Waals surface area (Å²) < 4.78 is 14.7. The van der Waals surface area contributed by atoms with Crippen LogP contribution in [-0.2, 0) is 0 Å². The van der Waals surface area contributed by atoms with Gasteiger partial charge in [-0.15, -0.1) is 0 Å². The number of aromatic nitrogens is 1. The van der Waals surface area contributed by atoms with Gasteiger partial charge in [-0.3, -0.25) is 9.71 Å². The van der Waals surface area contributed by atoms with Crippen LogP contribution in [-0.4, -0.2) is 18.6 Å². The molecule has 3 aromatic rings. The molecule has 0 saturated heterocycles. The molecular weight excluding hydrogens is 332 g/mol. The number of benzene rings is 2. The fourth-order valence-corrected chi connectivity index (χ4v) is 3.34. The van der Waals surface area contributed by atoms with Crippen LogP contribution < -0.4 is 14.2 Å². The quantitative estimate of drug-likeness (QED) is 0.603. The number of pyridine rings is 1. The molecule has 4 nitrogen and oxygen atoms in total. The van der Waals surface area contributed by atoms with Crippen molar-refractivity contribution in [3.8, 4) is 17.2 Å². The summed E-state index contributed by atoms with van der Waals surface area (Å²) >= 11 is 1.68. The minimum atomic E-state index is 0.789. The van der Waals surface area contributed by atoms with Gasteiger partial charge in [-0.1, -0.05) is 0 Å². The molecule has 4 rings (SSSR count).